The molecular formula is C18H29N3O2S. The van der Waals surface area contributed by atoms with Gasteiger partial charge in [0.1, 0.15) is 5.60 Å². The third kappa shape index (κ3) is 4.71. The molecule has 1 amide bonds. The highest BCUT2D eigenvalue weighted by molar-refractivity contribution is 7.07. The largest absolute Gasteiger partial charge is 0.444 e. The molecule has 0 spiro atoms. The van der Waals surface area contributed by atoms with Gasteiger partial charge in [-0.15, -0.1) is 0 Å². The lowest BCUT2D eigenvalue weighted by Crippen LogP contribution is -2.63. The number of thiophene rings is 1. The molecule has 2 saturated heterocycles. The van der Waals surface area contributed by atoms with Crippen molar-refractivity contribution in [1.82, 2.24) is 15.1 Å². The molecule has 5 nitrogen and oxygen atoms in total. The molecule has 0 aliphatic carbocycles. The lowest BCUT2D eigenvalue weighted by Gasteiger charge is -2.47. The van der Waals surface area contributed by atoms with Crippen molar-refractivity contribution in [2.75, 3.05) is 26.2 Å². The monoisotopic (exact) mass is 351 g/mol. The summed E-state index contributed by atoms with van der Waals surface area (Å²) in [5, 5.41) is 8.01. The minimum Gasteiger partial charge on any atom is -0.444 e. The molecule has 2 aliphatic rings. The Labute approximate surface area is 149 Å². The normalized spacial score (nSPS) is 20.9. The van der Waals surface area contributed by atoms with Crippen molar-refractivity contribution < 1.29 is 9.53 Å². The average molecular weight is 352 g/mol. The Hall–Kier alpha value is -1.11. The van der Waals surface area contributed by atoms with Gasteiger partial charge >= 0.3 is 6.09 Å². The van der Waals surface area contributed by atoms with Crippen LogP contribution in [-0.4, -0.2) is 59.8 Å². The summed E-state index contributed by atoms with van der Waals surface area (Å²) in [6.07, 6.45) is 2.20. The van der Waals surface area contributed by atoms with Gasteiger partial charge in [0, 0.05) is 44.8 Å². The lowest BCUT2D eigenvalue weighted by atomic mass is 10.00. The number of amides is 1. The minimum atomic E-state index is -0.408. The van der Waals surface area contributed by atoms with Crippen molar-refractivity contribution in [2.24, 2.45) is 0 Å². The van der Waals surface area contributed by atoms with Crippen LogP contribution < -0.4 is 5.32 Å². The molecule has 1 aromatic heterocycles. The Balaban J connectivity index is 1.34. The van der Waals surface area contributed by atoms with Gasteiger partial charge in [0.25, 0.3) is 0 Å². The van der Waals surface area contributed by atoms with E-state index < -0.39 is 5.60 Å². The molecule has 0 unspecified atom stereocenters. The van der Waals surface area contributed by atoms with E-state index in [9.17, 15) is 4.79 Å². The predicted octanol–water partition coefficient (Wildman–Crippen LogP) is 2.92. The van der Waals surface area contributed by atoms with Gasteiger partial charge in [-0.3, -0.25) is 4.90 Å². The number of ether oxygens (including phenoxy) is 1. The highest BCUT2D eigenvalue weighted by atomic mass is 32.1. The molecule has 2 fully saturated rings. The summed E-state index contributed by atoms with van der Waals surface area (Å²) in [5.74, 6) is 0. The molecule has 24 heavy (non-hydrogen) atoms. The third-order valence-corrected chi connectivity index (χ3v) is 5.47. The summed E-state index contributed by atoms with van der Waals surface area (Å²) < 4.78 is 5.42. The van der Waals surface area contributed by atoms with Gasteiger partial charge in [-0.05, 0) is 56.0 Å². The van der Waals surface area contributed by atoms with Crippen molar-refractivity contribution in [3.8, 4) is 0 Å². The van der Waals surface area contributed by atoms with Crippen molar-refractivity contribution in [3.05, 3.63) is 22.4 Å². The Bertz CT molecular complexity index is 527. The number of piperidine rings is 1. The SMILES string of the molecule is CC(C)(C)OC(=O)N1CC(N2CCC(NCc3ccsc3)CC2)C1. The molecule has 0 atom stereocenters. The number of carbonyl (C=O) groups is 1. The smallest absolute Gasteiger partial charge is 0.410 e. The molecule has 2 aliphatic heterocycles. The van der Waals surface area contributed by atoms with E-state index >= 15 is 0 Å². The number of nitrogens with zero attached hydrogens (tertiary/aromatic N) is 2. The zero-order valence-electron chi connectivity index (χ0n) is 15.0. The Morgan fingerprint density at radius 3 is 2.62 bits per heavy atom. The summed E-state index contributed by atoms with van der Waals surface area (Å²) in [7, 11) is 0. The lowest BCUT2D eigenvalue weighted by molar-refractivity contribution is -0.0202. The molecule has 0 radical (unpaired) electrons. The Morgan fingerprint density at radius 2 is 2.04 bits per heavy atom. The highest BCUT2D eigenvalue weighted by Crippen LogP contribution is 2.22. The van der Waals surface area contributed by atoms with Gasteiger partial charge in [0.15, 0.2) is 0 Å². The fraction of sp³-hybridized carbons (Fsp3) is 0.722. The molecule has 1 aromatic rings. The summed E-state index contributed by atoms with van der Waals surface area (Å²) in [6, 6.07) is 3.31. The van der Waals surface area contributed by atoms with E-state index in [1.165, 1.54) is 18.4 Å². The second kappa shape index (κ2) is 7.42. The van der Waals surface area contributed by atoms with Crippen LogP contribution in [0.1, 0.15) is 39.2 Å². The number of hydrogen-bond acceptors (Lipinski definition) is 5. The molecular weight excluding hydrogens is 322 g/mol. The van der Waals surface area contributed by atoms with Crippen molar-refractivity contribution in [3.63, 3.8) is 0 Å². The highest BCUT2D eigenvalue weighted by Gasteiger charge is 2.38. The molecule has 3 rings (SSSR count). The summed E-state index contributed by atoms with van der Waals surface area (Å²) in [4.78, 5) is 16.3. The van der Waals surface area contributed by atoms with Gasteiger partial charge in [-0.25, -0.2) is 4.79 Å². The van der Waals surface area contributed by atoms with Crippen LogP contribution in [0.4, 0.5) is 4.79 Å². The van der Waals surface area contributed by atoms with Crippen LogP contribution in [0.2, 0.25) is 0 Å². The van der Waals surface area contributed by atoms with E-state index in [1.54, 1.807) is 11.3 Å². The molecule has 3 heterocycles. The van der Waals surface area contributed by atoms with E-state index in [4.69, 9.17) is 4.74 Å². The predicted molar refractivity (Wildman–Crippen MR) is 97.3 cm³/mol. The summed E-state index contributed by atoms with van der Waals surface area (Å²) in [6.45, 7) is 10.6. The standard InChI is InChI=1S/C18H29N3O2S/c1-18(2,3)23-17(22)21-11-16(12-21)20-7-4-15(5-8-20)19-10-14-6-9-24-13-14/h6,9,13,15-16,19H,4-5,7-8,10-12H2,1-3H3. The average Bonchev–Trinajstić information content (AvgIpc) is 2.96. The number of hydrogen-bond donors (Lipinski definition) is 1. The van der Waals surface area contributed by atoms with Crippen LogP contribution in [0.15, 0.2) is 16.8 Å². The molecule has 0 aromatic carbocycles. The van der Waals surface area contributed by atoms with Crippen molar-refractivity contribution in [2.45, 2.75) is 57.8 Å². The molecule has 134 valence electrons. The van der Waals surface area contributed by atoms with Crippen LogP contribution in [-0.2, 0) is 11.3 Å². The first-order chi connectivity index (χ1) is 11.4. The maximum absolute atomic E-state index is 12.0. The van der Waals surface area contributed by atoms with Gasteiger partial charge in [-0.2, -0.15) is 11.3 Å². The quantitative estimate of drug-likeness (QED) is 0.906. The van der Waals surface area contributed by atoms with Gasteiger partial charge in [0.2, 0.25) is 0 Å². The van der Waals surface area contributed by atoms with Gasteiger partial charge in [-0.1, -0.05) is 0 Å². The maximum Gasteiger partial charge on any atom is 0.410 e. The first kappa shape index (κ1) is 17.7. The Morgan fingerprint density at radius 1 is 1.33 bits per heavy atom. The van der Waals surface area contributed by atoms with Crippen LogP contribution in [0.3, 0.4) is 0 Å². The topological polar surface area (TPSA) is 44.8 Å². The summed E-state index contributed by atoms with van der Waals surface area (Å²) >= 11 is 1.76. The fourth-order valence-corrected chi connectivity index (χ4v) is 3.95. The third-order valence-electron chi connectivity index (χ3n) is 4.73. The zero-order chi connectivity index (χ0) is 17.2. The summed E-state index contributed by atoms with van der Waals surface area (Å²) in [5.41, 5.74) is 0.976. The second-order valence-corrected chi connectivity index (χ2v) is 8.64. The van der Waals surface area contributed by atoms with Crippen molar-refractivity contribution in [1.29, 1.82) is 0 Å². The van der Waals surface area contributed by atoms with Crippen LogP contribution in [0.25, 0.3) is 0 Å². The van der Waals surface area contributed by atoms with E-state index in [0.29, 0.717) is 12.1 Å². The molecule has 0 bridgehead atoms. The van der Waals surface area contributed by atoms with Crippen LogP contribution in [0, 0.1) is 0 Å². The first-order valence-electron chi connectivity index (χ1n) is 8.87. The first-order valence-corrected chi connectivity index (χ1v) is 9.81. The van der Waals surface area contributed by atoms with Gasteiger partial charge < -0.3 is 15.0 Å². The van der Waals surface area contributed by atoms with Crippen LogP contribution in [0.5, 0.6) is 0 Å². The molecule has 6 heteroatoms. The van der Waals surface area contributed by atoms with Gasteiger partial charge in [0.05, 0.1) is 0 Å². The van der Waals surface area contributed by atoms with E-state index in [-0.39, 0.29) is 6.09 Å². The molecule has 1 N–H and O–H groups in total. The minimum absolute atomic E-state index is 0.175. The van der Waals surface area contributed by atoms with E-state index in [2.05, 4.69) is 27.0 Å². The van der Waals surface area contributed by atoms with E-state index in [1.807, 2.05) is 25.7 Å². The number of carbonyl (C=O) groups excluding carboxylic acids is 1. The zero-order valence-corrected chi connectivity index (χ0v) is 15.8. The molecule has 0 saturated carbocycles. The number of likely N-dealkylation sites (tertiary alicyclic amines) is 2. The Kier molecular flexibility index (Phi) is 5.47. The number of nitrogens with one attached hydrogen (secondary N) is 1. The second-order valence-electron chi connectivity index (χ2n) is 7.86. The fourth-order valence-electron chi connectivity index (χ4n) is 3.29. The number of rotatable bonds is 4. The maximum atomic E-state index is 12.0. The van der Waals surface area contributed by atoms with Crippen LogP contribution >= 0.6 is 11.3 Å². The van der Waals surface area contributed by atoms with Crippen molar-refractivity contribution >= 4 is 17.4 Å². The van der Waals surface area contributed by atoms with E-state index in [0.717, 1.165) is 32.7 Å².